The van der Waals surface area contributed by atoms with E-state index in [0.717, 1.165) is 58.6 Å². The summed E-state index contributed by atoms with van der Waals surface area (Å²) in [6, 6.07) is 23.7. The summed E-state index contributed by atoms with van der Waals surface area (Å²) in [5.41, 5.74) is 4.68. The van der Waals surface area contributed by atoms with E-state index in [2.05, 4.69) is 10.6 Å². The molecule has 0 aliphatic heterocycles. The first-order chi connectivity index (χ1) is 16.5. The highest BCUT2D eigenvalue weighted by Gasteiger charge is 2.24. The zero-order valence-corrected chi connectivity index (χ0v) is 20.7. The van der Waals surface area contributed by atoms with E-state index in [1.165, 1.54) is 18.2 Å². The van der Waals surface area contributed by atoms with E-state index in [1.807, 2.05) is 86.6 Å². The van der Waals surface area contributed by atoms with Crippen LogP contribution in [0.15, 0.2) is 77.7 Å². The molecule has 176 valence electrons. The van der Waals surface area contributed by atoms with Crippen LogP contribution >= 0.6 is 11.8 Å². The number of thioether (sulfide) groups is 1. The molecule has 0 aromatic heterocycles. The first-order valence-electron chi connectivity index (χ1n) is 12.0. The van der Waals surface area contributed by atoms with E-state index in [-0.39, 0.29) is 17.7 Å². The fourth-order valence-corrected chi connectivity index (χ4v) is 5.45. The lowest BCUT2D eigenvalue weighted by atomic mass is 9.88. The van der Waals surface area contributed by atoms with Crippen LogP contribution in [-0.4, -0.2) is 11.8 Å². The third kappa shape index (κ3) is 6.29. The Morgan fingerprint density at radius 1 is 0.853 bits per heavy atom. The lowest BCUT2D eigenvalue weighted by molar-refractivity contribution is -0.120. The van der Waals surface area contributed by atoms with Gasteiger partial charge in [0, 0.05) is 22.2 Å². The van der Waals surface area contributed by atoms with Crippen molar-refractivity contribution >= 4 is 35.0 Å². The fourth-order valence-electron chi connectivity index (χ4n) is 4.36. The molecule has 3 aromatic rings. The lowest BCUT2D eigenvalue weighted by Crippen LogP contribution is -2.24. The van der Waals surface area contributed by atoms with Crippen LogP contribution in [0.2, 0.25) is 0 Å². The predicted molar refractivity (Wildman–Crippen MR) is 141 cm³/mol. The van der Waals surface area contributed by atoms with Crippen molar-refractivity contribution < 1.29 is 9.59 Å². The quantitative estimate of drug-likeness (QED) is 0.355. The number of amides is 2. The number of carbonyl (C=O) groups excluding carboxylic acids is 2. The maximum Gasteiger partial charge on any atom is 0.242 e. The van der Waals surface area contributed by atoms with Crippen molar-refractivity contribution in [2.75, 3.05) is 10.6 Å². The molecule has 1 saturated carbocycles. The minimum absolute atomic E-state index is 0.0680. The minimum atomic E-state index is -0.426. The third-order valence-electron chi connectivity index (χ3n) is 6.32. The van der Waals surface area contributed by atoms with Crippen molar-refractivity contribution in [3.63, 3.8) is 0 Å². The van der Waals surface area contributed by atoms with Crippen molar-refractivity contribution in [1.82, 2.24) is 0 Å². The van der Waals surface area contributed by atoms with Crippen LogP contribution in [0.3, 0.4) is 0 Å². The largest absolute Gasteiger partial charge is 0.326 e. The van der Waals surface area contributed by atoms with Crippen LogP contribution in [0.1, 0.15) is 54.0 Å². The summed E-state index contributed by atoms with van der Waals surface area (Å²) in [5.74, 6) is 0.140. The molecular formula is C29H32N2O2S. The molecule has 0 saturated heterocycles. The predicted octanol–water partition coefficient (Wildman–Crippen LogP) is 7.29. The van der Waals surface area contributed by atoms with Gasteiger partial charge in [-0.3, -0.25) is 9.59 Å². The van der Waals surface area contributed by atoms with Crippen LogP contribution in [0, 0.1) is 19.8 Å². The van der Waals surface area contributed by atoms with Crippen molar-refractivity contribution in [3.8, 4) is 0 Å². The minimum Gasteiger partial charge on any atom is -0.326 e. The Bertz CT molecular complexity index is 1140. The molecule has 1 fully saturated rings. The van der Waals surface area contributed by atoms with Gasteiger partial charge in [-0.25, -0.2) is 0 Å². The van der Waals surface area contributed by atoms with Gasteiger partial charge in [-0.1, -0.05) is 67.8 Å². The van der Waals surface area contributed by atoms with Crippen LogP contribution in [-0.2, 0) is 9.59 Å². The third-order valence-corrected chi connectivity index (χ3v) is 7.57. The van der Waals surface area contributed by atoms with Gasteiger partial charge >= 0.3 is 0 Å². The van der Waals surface area contributed by atoms with Gasteiger partial charge < -0.3 is 10.6 Å². The average molecular weight is 473 g/mol. The van der Waals surface area contributed by atoms with E-state index in [1.54, 1.807) is 0 Å². The molecule has 4 nitrogen and oxygen atoms in total. The molecule has 0 heterocycles. The second kappa shape index (κ2) is 11.4. The highest BCUT2D eigenvalue weighted by Crippen LogP contribution is 2.37. The number of nitrogens with one attached hydrogen (secondary N) is 2. The number of carbonyl (C=O) groups is 2. The first kappa shape index (κ1) is 24.1. The number of benzene rings is 3. The maximum atomic E-state index is 13.4. The monoisotopic (exact) mass is 472 g/mol. The number of aryl methyl sites for hydroxylation is 2. The number of hydrogen-bond donors (Lipinski definition) is 2. The number of rotatable bonds is 7. The Morgan fingerprint density at radius 3 is 2.38 bits per heavy atom. The average Bonchev–Trinajstić information content (AvgIpc) is 2.86. The van der Waals surface area contributed by atoms with Crippen LogP contribution < -0.4 is 10.6 Å². The molecule has 0 spiro atoms. The molecule has 2 amide bonds. The second-order valence-electron chi connectivity index (χ2n) is 9.07. The zero-order valence-electron chi connectivity index (χ0n) is 19.8. The van der Waals surface area contributed by atoms with Crippen molar-refractivity contribution in [2.24, 2.45) is 5.92 Å². The summed E-state index contributed by atoms with van der Waals surface area (Å²) >= 11 is 1.49. The van der Waals surface area contributed by atoms with Gasteiger partial charge in [0.05, 0.1) is 0 Å². The van der Waals surface area contributed by atoms with Gasteiger partial charge in [0.1, 0.15) is 5.25 Å². The number of anilines is 2. The van der Waals surface area contributed by atoms with Gasteiger partial charge in [0.25, 0.3) is 0 Å². The van der Waals surface area contributed by atoms with E-state index in [0.29, 0.717) is 0 Å². The van der Waals surface area contributed by atoms with Crippen molar-refractivity contribution in [1.29, 1.82) is 0 Å². The first-order valence-corrected chi connectivity index (χ1v) is 12.9. The van der Waals surface area contributed by atoms with Crippen LogP contribution in [0.5, 0.6) is 0 Å². The zero-order chi connectivity index (χ0) is 23.9. The number of hydrogen-bond acceptors (Lipinski definition) is 3. The molecule has 3 aromatic carbocycles. The molecule has 2 N–H and O–H groups in total. The molecular weight excluding hydrogens is 440 g/mol. The summed E-state index contributed by atoms with van der Waals surface area (Å²) < 4.78 is 0. The van der Waals surface area contributed by atoms with Gasteiger partial charge in [-0.2, -0.15) is 0 Å². The Labute approximate surface area is 206 Å². The summed E-state index contributed by atoms with van der Waals surface area (Å²) in [6.45, 7) is 4.02. The fraction of sp³-hybridized carbons (Fsp3) is 0.310. The summed E-state index contributed by atoms with van der Waals surface area (Å²) in [7, 11) is 0. The van der Waals surface area contributed by atoms with Crippen LogP contribution in [0.25, 0.3) is 0 Å². The molecule has 1 unspecified atom stereocenters. The van der Waals surface area contributed by atoms with Gasteiger partial charge in [0.15, 0.2) is 0 Å². The van der Waals surface area contributed by atoms with Gasteiger partial charge in [-0.15, -0.1) is 11.8 Å². The molecule has 0 bridgehead atoms. The standard InChI is InChI=1S/C29H32N2O2S/c1-20-16-17-21(2)26(18-20)31-29(33)27(22-10-5-3-6-11-22)34-25-15-9-14-24(19-25)30-28(32)23-12-7-4-8-13-23/h3,5-6,9-11,14-19,23,27H,4,7-8,12-13H2,1-2H3,(H,30,32)(H,31,33). The summed E-state index contributed by atoms with van der Waals surface area (Å²) in [5, 5.41) is 5.80. The Hall–Kier alpha value is -3.05. The molecule has 5 heteroatoms. The summed E-state index contributed by atoms with van der Waals surface area (Å²) in [4.78, 5) is 27.1. The summed E-state index contributed by atoms with van der Waals surface area (Å²) in [6.07, 6.45) is 5.41. The van der Waals surface area contributed by atoms with Gasteiger partial charge in [-0.05, 0) is 67.6 Å². The smallest absolute Gasteiger partial charge is 0.242 e. The Morgan fingerprint density at radius 2 is 1.62 bits per heavy atom. The maximum absolute atomic E-state index is 13.4. The molecule has 1 aliphatic rings. The molecule has 0 radical (unpaired) electrons. The van der Waals surface area contributed by atoms with E-state index in [4.69, 9.17) is 0 Å². The topological polar surface area (TPSA) is 58.2 Å². The molecule has 4 rings (SSSR count). The molecule has 1 aliphatic carbocycles. The van der Waals surface area contributed by atoms with Crippen LogP contribution in [0.4, 0.5) is 11.4 Å². The highest BCUT2D eigenvalue weighted by atomic mass is 32.2. The SMILES string of the molecule is Cc1ccc(C)c(NC(=O)C(Sc2cccc(NC(=O)C3CCCCC3)c2)c2ccccc2)c1. The Kier molecular flexibility index (Phi) is 8.07. The van der Waals surface area contributed by atoms with E-state index < -0.39 is 5.25 Å². The molecule has 1 atom stereocenters. The second-order valence-corrected chi connectivity index (χ2v) is 10.2. The Balaban J connectivity index is 1.52. The lowest BCUT2D eigenvalue weighted by Gasteiger charge is -2.21. The van der Waals surface area contributed by atoms with E-state index in [9.17, 15) is 9.59 Å². The normalized spacial score (nSPS) is 14.9. The van der Waals surface area contributed by atoms with Gasteiger partial charge in [0.2, 0.25) is 11.8 Å². The van der Waals surface area contributed by atoms with Crippen molar-refractivity contribution in [3.05, 3.63) is 89.5 Å². The van der Waals surface area contributed by atoms with E-state index >= 15 is 0 Å². The van der Waals surface area contributed by atoms with Crippen molar-refractivity contribution in [2.45, 2.75) is 56.1 Å². The highest BCUT2D eigenvalue weighted by molar-refractivity contribution is 8.00. The molecule has 34 heavy (non-hydrogen) atoms.